The van der Waals surface area contributed by atoms with E-state index in [2.05, 4.69) is 9.97 Å². The molecule has 2 heterocycles. The highest BCUT2D eigenvalue weighted by Crippen LogP contribution is 2.30. The van der Waals surface area contributed by atoms with Crippen molar-refractivity contribution in [2.45, 2.75) is 13.0 Å². The summed E-state index contributed by atoms with van der Waals surface area (Å²) in [5.41, 5.74) is 11.4. The fourth-order valence-electron chi connectivity index (χ4n) is 3.02. The molecule has 0 spiro atoms. The molecule has 2 aromatic carbocycles. The molecular weight excluding hydrogens is 360 g/mol. The number of halogens is 1. The highest BCUT2D eigenvalue weighted by molar-refractivity contribution is 6.33. The van der Waals surface area contributed by atoms with E-state index in [1.807, 2.05) is 48.5 Å². The van der Waals surface area contributed by atoms with E-state index in [1.165, 1.54) is 0 Å². The minimum Gasteiger partial charge on any atom is -0.392 e. The second-order valence-electron chi connectivity index (χ2n) is 6.23. The van der Waals surface area contributed by atoms with E-state index >= 15 is 0 Å². The first-order valence-electron chi connectivity index (χ1n) is 8.51. The van der Waals surface area contributed by atoms with Crippen LogP contribution in [0, 0.1) is 0 Å². The van der Waals surface area contributed by atoms with E-state index in [4.69, 9.17) is 22.3 Å². The molecule has 4 aromatic rings. The van der Waals surface area contributed by atoms with E-state index in [9.17, 15) is 5.11 Å². The molecule has 0 unspecified atom stereocenters. The lowest BCUT2D eigenvalue weighted by Crippen LogP contribution is -2.03. The fourth-order valence-corrected chi connectivity index (χ4v) is 3.24. The quantitative estimate of drug-likeness (QED) is 0.562. The first kappa shape index (κ1) is 17.4. The summed E-state index contributed by atoms with van der Waals surface area (Å²) in [4.78, 5) is 13.5. The third kappa shape index (κ3) is 3.60. The Morgan fingerprint density at radius 3 is 2.48 bits per heavy atom. The summed E-state index contributed by atoms with van der Waals surface area (Å²) < 4.78 is 0. The highest BCUT2D eigenvalue weighted by Gasteiger charge is 2.12. The van der Waals surface area contributed by atoms with Gasteiger partial charge in [-0.2, -0.15) is 0 Å². The Morgan fingerprint density at radius 1 is 0.889 bits per heavy atom. The molecule has 2 aromatic heterocycles. The van der Waals surface area contributed by atoms with Gasteiger partial charge in [0.2, 0.25) is 5.95 Å². The Labute approximate surface area is 161 Å². The van der Waals surface area contributed by atoms with Crippen molar-refractivity contribution in [3.8, 4) is 11.3 Å². The van der Waals surface area contributed by atoms with Crippen molar-refractivity contribution in [2.75, 3.05) is 5.73 Å². The molecule has 0 atom stereocenters. The van der Waals surface area contributed by atoms with E-state index in [0.717, 1.165) is 22.4 Å². The summed E-state index contributed by atoms with van der Waals surface area (Å²) in [6.45, 7) is -0.0589. The van der Waals surface area contributed by atoms with Gasteiger partial charge in [0.15, 0.2) is 0 Å². The third-order valence-corrected chi connectivity index (χ3v) is 4.67. The van der Waals surface area contributed by atoms with Crippen LogP contribution in [0.5, 0.6) is 0 Å². The van der Waals surface area contributed by atoms with Crippen LogP contribution in [0.1, 0.15) is 16.8 Å². The van der Waals surface area contributed by atoms with Crippen molar-refractivity contribution in [3.05, 3.63) is 82.5 Å². The lowest BCUT2D eigenvalue weighted by molar-refractivity contribution is 0.282. The van der Waals surface area contributed by atoms with Gasteiger partial charge in [-0.15, -0.1) is 0 Å². The van der Waals surface area contributed by atoms with Gasteiger partial charge in [0.25, 0.3) is 0 Å². The minimum atomic E-state index is -0.0589. The molecule has 0 radical (unpaired) electrons. The normalized spacial score (nSPS) is 11.0. The predicted molar refractivity (Wildman–Crippen MR) is 107 cm³/mol. The monoisotopic (exact) mass is 376 g/mol. The van der Waals surface area contributed by atoms with Gasteiger partial charge in [0, 0.05) is 17.0 Å². The van der Waals surface area contributed by atoms with Crippen molar-refractivity contribution in [1.82, 2.24) is 15.0 Å². The van der Waals surface area contributed by atoms with Crippen molar-refractivity contribution >= 4 is 28.6 Å². The minimum absolute atomic E-state index is 0.0589. The lowest BCUT2D eigenvalue weighted by Gasteiger charge is -2.10. The fraction of sp³-hybridized carbons (Fsp3) is 0.0952. The zero-order chi connectivity index (χ0) is 18.8. The standard InChI is InChI=1S/C21H17ClN4O/c22-16-7-6-14(12-27)10-15(16)17-8-9-18-20(24-17)19(26-21(23)25-18)11-13-4-2-1-3-5-13/h1-10,27H,11-12H2,(H2,23,25,26). The van der Waals surface area contributed by atoms with Gasteiger partial charge in [0.1, 0.15) is 5.52 Å². The van der Waals surface area contributed by atoms with E-state index in [0.29, 0.717) is 28.2 Å². The van der Waals surface area contributed by atoms with Crippen LogP contribution in [-0.2, 0) is 13.0 Å². The third-order valence-electron chi connectivity index (χ3n) is 4.34. The highest BCUT2D eigenvalue weighted by atomic mass is 35.5. The average molecular weight is 377 g/mol. The SMILES string of the molecule is Nc1nc(Cc2ccccc2)c2nc(-c3cc(CO)ccc3Cl)ccc2n1. The molecule has 27 heavy (non-hydrogen) atoms. The Morgan fingerprint density at radius 2 is 1.70 bits per heavy atom. The summed E-state index contributed by atoms with van der Waals surface area (Å²) >= 11 is 6.36. The number of aliphatic hydroxyl groups excluding tert-OH is 1. The molecule has 0 bridgehead atoms. The zero-order valence-corrected chi connectivity index (χ0v) is 15.2. The van der Waals surface area contributed by atoms with Gasteiger partial charge in [-0.25, -0.2) is 15.0 Å². The number of hydrogen-bond donors (Lipinski definition) is 2. The molecule has 6 heteroatoms. The summed E-state index contributed by atoms with van der Waals surface area (Å²) in [5, 5.41) is 9.98. The molecule has 0 aliphatic rings. The summed E-state index contributed by atoms with van der Waals surface area (Å²) in [5.74, 6) is 0.225. The molecule has 134 valence electrons. The number of fused-ring (bicyclic) bond motifs is 1. The number of benzene rings is 2. The molecule has 0 amide bonds. The Kier molecular flexibility index (Phi) is 4.71. The first-order chi connectivity index (χ1) is 13.1. The van der Waals surface area contributed by atoms with E-state index in [1.54, 1.807) is 12.1 Å². The van der Waals surface area contributed by atoms with E-state index < -0.39 is 0 Å². The molecule has 0 saturated carbocycles. The number of nitrogens with zero attached hydrogens (tertiary/aromatic N) is 3. The maximum Gasteiger partial charge on any atom is 0.220 e. The Hall–Kier alpha value is -3.02. The maximum absolute atomic E-state index is 9.41. The lowest BCUT2D eigenvalue weighted by atomic mass is 10.1. The number of anilines is 1. The van der Waals surface area contributed by atoms with Gasteiger partial charge in [0.05, 0.1) is 23.5 Å². The predicted octanol–water partition coefficient (Wildman–Crippen LogP) is 4.01. The number of pyridine rings is 1. The van der Waals surface area contributed by atoms with Crippen LogP contribution in [-0.4, -0.2) is 20.1 Å². The number of nitrogen functional groups attached to an aromatic ring is 1. The zero-order valence-electron chi connectivity index (χ0n) is 14.4. The second kappa shape index (κ2) is 7.31. The number of aromatic nitrogens is 3. The number of nitrogens with two attached hydrogens (primary N) is 1. The van der Waals surface area contributed by atoms with E-state index in [-0.39, 0.29) is 12.6 Å². The van der Waals surface area contributed by atoms with Crippen LogP contribution in [0.4, 0.5) is 5.95 Å². The molecule has 4 rings (SSSR count). The summed E-state index contributed by atoms with van der Waals surface area (Å²) in [7, 11) is 0. The van der Waals surface area contributed by atoms with Crippen LogP contribution in [0.2, 0.25) is 5.02 Å². The van der Waals surface area contributed by atoms with Gasteiger partial charge >= 0.3 is 0 Å². The van der Waals surface area contributed by atoms with Crippen molar-refractivity contribution in [3.63, 3.8) is 0 Å². The van der Waals surface area contributed by atoms with Gasteiger partial charge in [-0.1, -0.05) is 48.0 Å². The summed E-state index contributed by atoms with van der Waals surface area (Å²) in [6.07, 6.45) is 0.602. The number of aliphatic hydroxyl groups is 1. The largest absolute Gasteiger partial charge is 0.392 e. The molecule has 0 aliphatic heterocycles. The van der Waals surface area contributed by atoms with Crippen molar-refractivity contribution in [2.24, 2.45) is 0 Å². The molecule has 0 aliphatic carbocycles. The molecule has 0 fully saturated rings. The van der Waals surface area contributed by atoms with Gasteiger partial charge < -0.3 is 10.8 Å². The van der Waals surface area contributed by atoms with Crippen LogP contribution in [0.25, 0.3) is 22.3 Å². The number of rotatable bonds is 4. The molecule has 3 N–H and O–H groups in total. The first-order valence-corrected chi connectivity index (χ1v) is 8.88. The van der Waals surface area contributed by atoms with Crippen LogP contribution >= 0.6 is 11.6 Å². The van der Waals surface area contributed by atoms with Crippen LogP contribution in [0.3, 0.4) is 0 Å². The molecule has 5 nitrogen and oxygen atoms in total. The van der Waals surface area contributed by atoms with Crippen molar-refractivity contribution in [1.29, 1.82) is 0 Å². The molecule has 0 saturated heterocycles. The number of hydrogen-bond acceptors (Lipinski definition) is 5. The van der Waals surface area contributed by atoms with Crippen LogP contribution < -0.4 is 5.73 Å². The topological polar surface area (TPSA) is 84.9 Å². The maximum atomic E-state index is 9.41. The Balaban J connectivity index is 1.86. The second-order valence-corrected chi connectivity index (χ2v) is 6.63. The average Bonchev–Trinajstić information content (AvgIpc) is 2.69. The van der Waals surface area contributed by atoms with Crippen LogP contribution in [0.15, 0.2) is 60.7 Å². The smallest absolute Gasteiger partial charge is 0.220 e. The summed E-state index contributed by atoms with van der Waals surface area (Å²) in [6, 6.07) is 19.1. The Bertz CT molecular complexity index is 1120. The van der Waals surface area contributed by atoms with Gasteiger partial charge in [-0.05, 0) is 35.4 Å². The van der Waals surface area contributed by atoms with Gasteiger partial charge in [-0.3, -0.25) is 0 Å². The van der Waals surface area contributed by atoms with Crippen molar-refractivity contribution < 1.29 is 5.11 Å². The molecular formula is C21H17ClN4O.